The van der Waals surface area contributed by atoms with E-state index < -0.39 is 5.97 Å². The van der Waals surface area contributed by atoms with Gasteiger partial charge < -0.3 is 18.9 Å². The van der Waals surface area contributed by atoms with E-state index in [9.17, 15) is 9.59 Å². The molecule has 0 N–H and O–H groups in total. The average Bonchev–Trinajstić information content (AvgIpc) is 3.29. The third-order valence-corrected chi connectivity index (χ3v) is 6.19. The van der Waals surface area contributed by atoms with Gasteiger partial charge >= 0.3 is 11.9 Å². The second-order valence-electron chi connectivity index (χ2n) is 7.51. The highest BCUT2D eigenvalue weighted by molar-refractivity contribution is 7.15. The van der Waals surface area contributed by atoms with Crippen LogP contribution < -0.4 is 9.47 Å². The van der Waals surface area contributed by atoms with Crippen LogP contribution in [0.25, 0.3) is 10.6 Å². The zero-order valence-electron chi connectivity index (χ0n) is 20.4. The van der Waals surface area contributed by atoms with Crippen molar-refractivity contribution in [2.45, 2.75) is 26.9 Å². The molecule has 8 nitrogen and oxygen atoms in total. The molecule has 1 aromatic heterocycles. The van der Waals surface area contributed by atoms with Gasteiger partial charge in [-0.1, -0.05) is 36.4 Å². The molecule has 0 amide bonds. The molecule has 35 heavy (non-hydrogen) atoms. The van der Waals surface area contributed by atoms with E-state index >= 15 is 0 Å². The summed E-state index contributed by atoms with van der Waals surface area (Å²) in [6.07, 6.45) is 0. The van der Waals surface area contributed by atoms with Crippen LogP contribution in [0, 0.1) is 0 Å². The predicted molar refractivity (Wildman–Crippen MR) is 134 cm³/mol. The number of ether oxygens (including phenoxy) is 4. The van der Waals surface area contributed by atoms with Gasteiger partial charge in [0.1, 0.15) is 16.5 Å². The zero-order valence-corrected chi connectivity index (χ0v) is 21.2. The lowest BCUT2D eigenvalue weighted by Crippen LogP contribution is -2.30. The van der Waals surface area contributed by atoms with Gasteiger partial charge in [-0.3, -0.25) is 9.69 Å². The third-order valence-electron chi connectivity index (χ3n) is 5.10. The van der Waals surface area contributed by atoms with Crippen molar-refractivity contribution in [2.75, 3.05) is 34.0 Å². The molecule has 1 heterocycles. The van der Waals surface area contributed by atoms with Crippen molar-refractivity contribution in [3.63, 3.8) is 0 Å². The first kappa shape index (κ1) is 26.2. The molecule has 0 aliphatic rings. The van der Waals surface area contributed by atoms with Gasteiger partial charge in [0.25, 0.3) is 0 Å². The number of esters is 2. The SMILES string of the molecule is CCOC(=O)CN(Cc1ccc(OC)cc1OC)Cc1sc(-c2ccccc2)nc1C(=O)OCC. The molecule has 0 bridgehead atoms. The summed E-state index contributed by atoms with van der Waals surface area (Å²) in [6.45, 7) is 4.76. The van der Waals surface area contributed by atoms with Gasteiger partial charge in [-0.15, -0.1) is 11.3 Å². The normalized spacial score (nSPS) is 10.8. The van der Waals surface area contributed by atoms with Crippen molar-refractivity contribution in [3.05, 3.63) is 64.7 Å². The van der Waals surface area contributed by atoms with Crippen LogP contribution in [0.2, 0.25) is 0 Å². The van der Waals surface area contributed by atoms with E-state index in [4.69, 9.17) is 18.9 Å². The fraction of sp³-hybridized carbons (Fsp3) is 0.346. The summed E-state index contributed by atoms with van der Waals surface area (Å²) in [5.74, 6) is 0.463. The number of carbonyl (C=O) groups excluding carboxylic acids is 2. The number of thiazole rings is 1. The van der Waals surface area contributed by atoms with E-state index in [1.807, 2.05) is 47.4 Å². The fourth-order valence-electron chi connectivity index (χ4n) is 3.51. The molecule has 0 saturated carbocycles. The van der Waals surface area contributed by atoms with Gasteiger partial charge in [-0.05, 0) is 19.9 Å². The van der Waals surface area contributed by atoms with Crippen molar-refractivity contribution < 1.29 is 28.5 Å². The Morgan fingerprint density at radius 1 is 0.943 bits per heavy atom. The number of methoxy groups -OCH3 is 2. The molecule has 0 aliphatic heterocycles. The van der Waals surface area contributed by atoms with Crippen LogP contribution in [0.4, 0.5) is 0 Å². The minimum absolute atomic E-state index is 0.0316. The molecule has 2 aromatic carbocycles. The molecule has 0 spiro atoms. The second kappa shape index (κ2) is 12.9. The summed E-state index contributed by atoms with van der Waals surface area (Å²) >= 11 is 1.41. The Morgan fingerprint density at radius 3 is 2.34 bits per heavy atom. The molecule has 0 atom stereocenters. The topological polar surface area (TPSA) is 87.2 Å². The molecule has 3 aromatic rings. The van der Waals surface area contributed by atoms with Crippen LogP contribution in [0.15, 0.2) is 48.5 Å². The largest absolute Gasteiger partial charge is 0.497 e. The van der Waals surface area contributed by atoms with E-state index in [2.05, 4.69) is 4.98 Å². The van der Waals surface area contributed by atoms with Crippen molar-refractivity contribution >= 4 is 23.3 Å². The first-order valence-electron chi connectivity index (χ1n) is 11.3. The summed E-state index contributed by atoms with van der Waals surface area (Å²) in [4.78, 5) is 32.3. The Morgan fingerprint density at radius 2 is 1.69 bits per heavy atom. The molecule has 186 valence electrons. The van der Waals surface area contributed by atoms with Crippen LogP contribution >= 0.6 is 11.3 Å². The monoisotopic (exact) mass is 498 g/mol. The van der Waals surface area contributed by atoms with Gasteiger partial charge in [0.05, 0.1) is 38.9 Å². The Kier molecular flexibility index (Phi) is 9.63. The first-order valence-corrected chi connectivity index (χ1v) is 12.1. The molecule has 0 radical (unpaired) electrons. The van der Waals surface area contributed by atoms with E-state index in [0.29, 0.717) is 34.5 Å². The predicted octanol–water partition coefficient (Wildman–Crippen LogP) is 4.57. The molecule has 9 heteroatoms. The summed E-state index contributed by atoms with van der Waals surface area (Å²) < 4.78 is 21.3. The fourth-order valence-corrected chi connectivity index (χ4v) is 4.60. The maximum Gasteiger partial charge on any atom is 0.358 e. The maximum atomic E-state index is 12.7. The summed E-state index contributed by atoms with van der Waals surface area (Å²) in [7, 11) is 3.18. The highest BCUT2D eigenvalue weighted by atomic mass is 32.1. The lowest BCUT2D eigenvalue weighted by atomic mass is 10.1. The lowest BCUT2D eigenvalue weighted by molar-refractivity contribution is -0.144. The standard InChI is InChI=1S/C26H30N2O6S/c1-5-33-23(29)17-28(15-19-12-13-20(31-3)14-21(19)32-4)16-22-24(26(30)34-6-2)27-25(35-22)18-10-8-7-9-11-18/h7-14H,5-6,15-17H2,1-4H3. The van der Waals surface area contributed by atoms with E-state index in [1.54, 1.807) is 34.1 Å². The highest BCUT2D eigenvalue weighted by Crippen LogP contribution is 2.31. The number of aromatic nitrogens is 1. The van der Waals surface area contributed by atoms with Gasteiger partial charge in [-0.2, -0.15) is 0 Å². The van der Waals surface area contributed by atoms with Crippen molar-refractivity contribution in [2.24, 2.45) is 0 Å². The Balaban J connectivity index is 1.96. The highest BCUT2D eigenvalue weighted by Gasteiger charge is 2.24. The Hall–Kier alpha value is -3.43. The summed E-state index contributed by atoms with van der Waals surface area (Å²) in [5, 5.41) is 0.710. The van der Waals surface area contributed by atoms with E-state index in [1.165, 1.54) is 11.3 Å². The second-order valence-corrected chi connectivity index (χ2v) is 8.59. The van der Waals surface area contributed by atoms with Crippen LogP contribution in [0.3, 0.4) is 0 Å². The summed E-state index contributed by atoms with van der Waals surface area (Å²) in [6, 6.07) is 15.2. The number of rotatable bonds is 12. The molecule has 0 fully saturated rings. The van der Waals surface area contributed by atoms with Gasteiger partial charge in [0.15, 0.2) is 5.69 Å². The first-order chi connectivity index (χ1) is 17.0. The number of nitrogens with zero attached hydrogens (tertiary/aromatic N) is 2. The Labute approximate surface area is 209 Å². The smallest absolute Gasteiger partial charge is 0.358 e. The van der Waals surface area contributed by atoms with Crippen molar-refractivity contribution in [1.29, 1.82) is 0 Å². The Bertz CT molecular complexity index is 1130. The van der Waals surface area contributed by atoms with Crippen molar-refractivity contribution in [3.8, 4) is 22.1 Å². The maximum absolute atomic E-state index is 12.7. The van der Waals surface area contributed by atoms with E-state index in [-0.39, 0.29) is 31.4 Å². The quantitative estimate of drug-likeness (QED) is 0.336. The summed E-state index contributed by atoms with van der Waals surface area (Å²) in [5.41, 5.74) is 2.03. The lowest BCUT2D eigenvalue weighted by Gasteiger charge is -2.22. The average molecular weight is 499 g/mol. The van der Waals surface area contributed by atoms with Crippen LogP contribution in [0.5, 0.6) is 11.5 Å². The molecule has 0 saturated heterocycles. The van der Waals surface area contributed by atoms with Crippen LogP contribution in [0.1, 0.15) is 34.8 Å². The van der Waals surface area contributed by atoms with Gasteiger partial charge in [0, 0.05) is 30.3 Å². The molecule has 0 unspecified atom stereocenters. The number of hydrogen-bond acceptors (Lipinski definition) is 9. The third kappa shape index (κ3) is 7.03. The van der Waals surface area contributed by atoms with Crippen LogP contribution in [-0.2, 0) is 27.4 Å². The zero-order chi connectivity index (χ0) is 25.2. The van der Waals surface area contributed by atoms with Gasteiger partial charge in [0.2, 0.25) is 0 Å². The van der Waals surface area contributed by atoms with E-state index in [0.717, 1.165) is 11.1 Å². The van der Waals surface area contributed by atoms with Crippen molar-refractivity contribution in [1.82, 2.24) is 9.88 Å². The van der Waals surface area contributed by atoms with Gasteiger partial charge in [-0.25, -0.2) is 9.78 Å². The van der Waals surface area contributed by atoms with Crippen LogP contribution in [-0.4, -0.2) is 55.8 Å². The minimum Gasteiger partial charge on any atom is -0.497 e. The minimum atomic E-state index is -0.487. The number of hydrogen-bond donors (Lipinski definition) is 0. The molecule has 3 rings (SSSR count). The number of benzene rings is 2. The number of carbonyl (C=O) groups is 2. The molecular formula is C26H30N2O6S. The molecule has 0 aliphatic carbocycles. The molecular weight excluding hydrogens is 468 g/mol.